The van der Waals surface area contributed by atoms with Gasteiger partial charge in [0, 0.05) is 19.8 Å². The minimum Gasteiger partial charge on any atom is -0.393 e. The maximum Gasteiger partial charge on any atom is 0.0730 e. The smallest absolute Gasteiger partial charge is 0.0730 e. The van der Waals surface area contributed by atoms with E-state index >= 15 is 0 Å². The quantitative estimate of drug-likeness (QED) is 0.837. The Morgan fingerprint density at radius 3 is 2.53 bits per heavy atom. The summed E-state index contributed by atoms with van der Waals surface area (Å²) in [5, 5.41) is 10.7. The van der Waals surface area contributed by atoms with Crippen molar-refractivity contribution in [2.45, 2.75) is 63.6 Å². The monoisotopic (exact) mass is 268 g/mol. The van der Waals surface area contributed by atoms with Gasteiger partial charge in [-0.3, -0.25) is 0 Å². The zero-order valence-corrected chi connectivity index (χ0v) is 12.1. The van der Waals surface area contributed by atoms with Gasteiger partial charge in [-0.05, 0) is 56.3 Å². The van der Waals surface area contributed by atoms with E-state index in [9.17, 15) is 5.11 Å². The number of ether oxygens (including phenoxy) is 2. The molecule has 3 nitrogen and oxygen atoms in total. The number of aliphatic hydroxyl groups is 1. The van der Waals surface area contributed by atoms with Crippen LogP contribution < -0.4 is 0 Å². The average molecular weight is 268 g/mol. The van der Waals surface area contributed by atoms with Crippen molar-refractivity contribution < 1.29 is 14.6 Å². The van der Waals surface area contributed by atoms with E-state index in [1.54, 1.807) is 0 Å². The molecule has 1 aliphatic carbocycles. The minimum atomic E-state index is -0.103. The molecule has 110 valence electrons. The number of rotatable bonds is 2. The molecule has 2 heterocycles. The van der Waals surface area contributed by atoms with Crippen LogP contribution in [0, 0.1) is 17.8 Å². The van der Waals surface area contributed by atoms with Gasteiger partial charge < -0.3 is 14.6 Å². The highest BCUT2D eigenvalue weighted by Crippen LogP contribution is 2.42. The van der Waals surface area contributed by atoms with Crippen molar-refractivity contribution in [3.05, 3.63) is 0 Å². The van der Waals surface area contributed by atoms with E-state index in [1.165, 1.54) is 19.3 Å². The lowest BCUT2D eigenvalue weighted by Gasteiger charge is -2.45. The van der Waals surface area contributed by atoms with Gasteiger partial charge in [-0.1, -0.05) is 13.3 Å². The summed E-state index contributed by atoms with van der Waals surface area (Å²) in [5.74, 6) is 1.79. The lowest BCUT2D eigenvalue weighted by Crippen LogP contribution is -2.47. The minimum absolute atomic E-state index is 0.0202. The molecule has 19 heavy (non-hydrogen) atoms. The third-order valence-electron chi connectivity index (χ3n) is 5.64. The van der Waals surface area contributed by atoms with Crippen LogP contribution in [0.1, 0.15) is 51.9 Å². The molecule has 3 fully saturated rings. The van der Waals surface area contributed by atoms with Crippen molar-refractivity contribution in [2.75, 3.05) is 19.8 Å². The van der Waals surface area contributed by atoms with Gasteiger partial charge >= 0.3 is 0 Å². The fourth-order valence-corrected chi connectivity index (χ4v) is 4.40. The SMILES string of the molecule is CC1CCC(C(O)C2CCOC3(CCOCC3)C2)C1. The van der Waals surface area contributed by atoms with Crippen molar-refractivity contribution in [3.63, 3.8) is 0 Å². The van der Waals surface area contributed by atoms with Crippen molar-refractivity contribution in [2.24, 2.45) is 17.8 Å². The second kappa shape index (κ2) is 5.71. The van der Waals surface area contributed by atoms with Crippen LogP contribution in [0.5, 0.6) is 0 Å². The normalized spacial score (nSPS) is 40.4. The Morgan fingerprint density at radius 1 is 1.05 bits per heavy atom. The van der Waals surface area contributed by atoms with Crippen LogP contribution in [-0.2, 0) is 9.47 Å². The molecule has 2 saturated heterocycles. The highest BCUT2D eigenvalue weighted by Gasteiger charge is 2.43. The largest absolute Gasteiger partial charge is 0.393 e. The van der Waals surface area contributed by atoms with E-state index in [0.29, 0.717) is 11.8 Å². The third-order valence-corrected chi connectivity index (χ3v) is 5.64. The Labute approximate surface area is 116 Å². The number of hydrogen-bond acceptors (Lipinski definition) is 3. The first-order valence-corrected chi connectivity index (χ1v) is 8.08. The molecule has 0 bridgehead atoms. The molecule has 1 spiro atoms. The second-order valence-electron chi connectivity index (χ2n) is 7.07. The van der Waals surface area contributed by atoms with Crippen molar-refractivity contribution >= 4 is 0 Å². The summed E-state index contributed by atoms with van der Waals surface area (Å²) in [4.78, 5) is 0. The highest BCUT2D eigenvalue weighted by atomic mass is 16.5. The van der Waals surface area contributed by atoms with Gasteiger partial charge in [-0.15, -0.1) is 0 Å². The van der Waals surface area contributed by atoms with Crippen LogP contribution in [0.2, 0.25) is 0 Å². The van der Waals surface area contributed by atoms with Crippen LogP contribution in [0.3, 0.4) is 0 Å². The number of aliphatic hydroxyl groups excluding tert-OH is 1. The van der Waals surface area contributed by atoms with Gasteiger partial charge in [0.05, 0.1) is 11.7 Å². The van der Waals surface area contributed by atoms with Gasteiger partial charge in [0.1, 0.15) is 0 Å². The zero-order chi connectivity index (χ0) is 13.3. The zero-order valence-electron chi connectivity index (χ0n) is 12.1. The number of hydrogen-bond donors (Lipinski definition) is 1. The summed E-state index contributed by atoms with van der Waals surface area (Å²) in [6.45, 7) is 4.78. The van der Waals surface area contributed by atoms with Gasteiger partial charge in [0.2, 0.25) is 0 Å². The maximum absolute atomic E-state index is 10.7. The fraction of sp³-hybridized carbons (Fsp3) is 1.00. The van der Waals surface area contributed by atoms with E-state index in [1.807, 2.05) is 0 Å². The van der Waals surface area contributed by atoms with Gasteiger partial charge in [-0.2, -0.15) is 0 Å². The molecule has 0 aromatic heterocycles. The van der Waals surface area contributed by atoms with Gasteiger partial charge in [0.25, 0.3) is 0 Å². The molecule has 1 saturated carbocycles. The molecule has 2 aliphatic heterocycles. The highest BCUT2D eigenvalue weighted by molar-refractivity contribution is 4.93. The van der Waals surface area contributed by atoms with Crippen LogP contribution >= 0.6 is 0 Å². The molecule has 3 rings (SSSR count). The predicted molar refractivity (Wildman–Crippen MR) is 74.0 cm³/mol. The molecular weight excluding hydrogens is 240 g/mol. The molecule has 4 atom stereocenters. The predicted octanol–water partition coefficient (Wildman–Crippen LogP) is 2.76. The van der Waals surface area contributed by atoms with E-state index in [0.717, 1.165) is 51.4 Å². The van der Waals surface area contributed by atoms with Crippen LogP contribution in [0.15, 0.2) is 0 Å². The second-order valence-corrected chi connectivity index (χ2v) is 7.07. The van der Waals surface area contributed by atoms with E-state index < -0.39 is 0 Å². The molecule has 0 aromatic carbocycles. The summed E-state index contributed by atoms with van der Waals surface area (Å²) in [6, 6.07) is 0. The molecular formula is C16H28O3. The average Bonchev–Trinajstić information content (AvgIpc) is 2.85. The lowest BCUT2D eigenvalue weighted by atomic mass is 9.75. The fourth-order valence-electron chi connectivity index (χ4n) is 4.40. The van der Waals surface area contributed by atoms with E-state index in [-0.39, 0.29) is 11.7 Å². The van der Waals surface area contributed by atoms with Crippen molar-refractivity contribution in [3.8, 4) is 0 Å². The summed E-state index contributed by atoms with van der Waals surface area (Å²) in [5.41, 5.74) is 0.0202. The lowest BCUT2D eigenvalue weighted by molar-refractivity contribution is -0.162. The molecule has 3 heteroatoms. The molecule has 3 aliphatic rings. The Balaban J connectivity index is 1.61. The summed E-state index contributed by atoms with van der Waals surface area (Å²) in [7, 11) is 0. The first-order chi connectivity index (χ1) is 9.19. The first kappa shape index (κ1) is 13.8. The maximum atomic E-state index is 10.7. The van der Waals surface area contributed by atoms with Crippen molar-refractivity contribution in [1.82, 2.24) is 0 Å². The standard InChI is InChI=1S/C16H28O3/c1-12-2-3-13(10-12)15(17)14-4-7-19-16(11-14)5-8-18-9-6-16/h12-15,17H,2-11H2,1H3. The Kier molecular flexibility index (Phi) is 4.16. The van der Waals surface area contributed by atoms with Crippen molar-refractivity contribution in [1.29, 1.82) is 0 Å². The van der Waals surface area contributed by atoms with Crippen LogP contribution in [-0.4, -0.2) is 36.6 Å². The molecule has 0 aromatic rings. The summed E-state index contributed by atoms with van der Waals surface area (Å²) >= 11 is 0. The topological polar surface area (TPSA) is 38.7 Å². The van der Waals surface area contributed by atoms with E-state index in [4.69, 9.17) is 9.47 Å². The molecule has 4 unspecified atom stereocenters. The molecule has 0 amide bonds. The Hall–Kier alpha value is -0.120. The molecule has 1 N–H and O–H groups in total. The van der Waals surface area contributed by atoms with Crippen LogP contribution in [0.25, 0.3) is 0 Å². The Bertz CT molecular complexity index is 293. The first-order valence-electron chi connectivity index (χ1n) is 8.08. The van der Waals surface area contributed by atoms with Crippen LogP contribution in [0.4, 0.5) is 0 Å². The van der Waals surface area contributed by atoms with Gasteiger partial charge in [0.15, 0.2) is 0 Å². The third kappa shape index (κ3) is 2.98. The Morgan fingerprint density at radius 2 is 1.84 bits per heavy atom. The van der Waals surface area contributed by atoms with E-state index in [2.05, 4.69) is 6.92 Å². The van der Waals surface area contributed by atoms with Gasteiger partial charge in [-0.25, -0.2) is 0 Å². The summed E-state index contributed by atoms with van der Waals surface area (Å²) in [6.07, 6.45) is 7.73. The molecule has 0 radical (unpaired) electrons. The summed E-state index contributed by atoms with van der Waals surface area (Å²) < 4.78 is 11.5.